The van der Waals surface area contributed by atoms with Gasteiger partial charge in [-0.3, -0.25) is 9.36 Å². The molecule has 2 atom stereocenters. The molecule has 3 fully saturated rings. The first-order valence-corrected chi connectivity index (χ1v) is 12.9. The van der Waals surface area contributed by atoms with E-state index in [1.165, 1.54) is 23.8 Å². The summed E-state index contributed by atoms with van der Waals surface area (Å²) in [6.07, 6.45) is 2.06. The van der Waals surface area contributed by atoms with Crippen LogP contribution in [0, 0.1) is 11.6 Å². The number of aromatic nitrogens is 4. The van der Waals surface area contributed by atoms with Gasteiger partial charge in [0.1, 0.15) is 22.5 Å². The second-order valence-electron chi connectivity index (χ2n) is 9.65. The van der Waals surface area contributed by atoms with Crippen LogP contribution >= 0.6 is 11.3 Å². The fraction of sp³-hybridized carbons (Fsp3) is 0.417. The zero-order valence-electron chi connectivity index (χ0n) is 19.8. The van der Waals surface area contributed by atoms with E-state index >= 15 is 4.39 Å². The number of nitrogen functional groups attached to an aromatic ring is 1. The van der Waals surface area contributed by atoms with Crippen molar-refractivity contribution in [3.05, 3.63) is 34.1 Å². The Morgan fingerprint density at radius 1 is 1.14 bits per heavy atom. The minimum absolute atomic E-state index is 0.0341. The maximum absolute atomic E-state index is 16.7. The van der Waals surface area contributed by atoms with Crippen molar-refractivity contribution < 1.29 is 18.3 Å². The summed E-state index contributed by atoms with van der Waals surface area (Å²) in [5, 5.41) is 3.79. The number of thiazole rings is 1. The highest BCUT2D eigenvalue weighted by Gasteiger charge is 2.36. The SMILES string of the molecule is COc1nc(N2CC3CCC(C2)N3)c2c(=O)n(C3COC3)c(-c3ccc(F)c4sc(N)nc34)c(F)c2n1. The normalized spacial score (nSPS) is 21.6. The second-order valence-corrected chi connectivity index (χ2v) is 10.7. The molecule has 3 aliphatic rings. The van der Waals surface area contributed by atoms with Crippen molar-refractivity contribution in [2.75, 3.05) is 44.0 Å². The lowest BCUT2D eigenvalue weighted by Crippen LogP contribution is -2.51. The van der Waals surface area contributed by atoms with E-state index in [-0.39, 0.29) is 68.8 Å². The van der Waals surface area contributed by atoms with Crippen molar-refractivity contribution in [1.29, 1.82) is 0 Å². The lowest BCUT2D eigenvalue weighted by molar-refractivity contribution is -0.0241. The maximum Gasteiger partial charge on any atom is 0.318 e. The monoisotopic (exact) mass is 527 g/mol. The molecule has 13 heteroatoms. The highest BCUT2D eigenvalue weighted by atomic mass is 32.1. The summed E-state index contributed by atoms with van der Waals surface area (Å²) in [6, 6.07) is 2.74. The number of piperazine rings is 1. The molecule has 3 aromatic heterocycles. The van der Waals surface area contributed by atoms with Crippen molar-refractivity contribution in [2.24, 2.45) is 0 Å². The average molecular weight is 528 g/mol. The maximum atomic E-state index is 16.7. The fourth-order valence-electron chi connectivity index (χ4n) is 5.67. The zero-order chi connectivity index (χ0) is 25.4. The Bertz CT molecular complexity index is 1620. The van der Waals surface area contributed by atoms with E-state index in [4.69, 9.17) is 15.2 Å². The van der Waals surface area contributed by atoms with Crippen LogP contribution < -0.4 is 26.2 Å². The standard InChI is InChI=1S/C24H23F2N7O3S/c1-35-24-30-18-15(21(31-24)32-6-10-2-3-11(7-32)28-10)22(34)33(12-8-36-9-12)19(16(18)26)13-4-5-14(25)20-17(13)29-23(27)37-20/h4-5,10-12,28H,2-3,6-9H2,1H3,(H2,27,29). The molecule has 2 bridgehead atoms. The first kappa shape index (κ1) is 22.8. The van der Waals surface area contributed by atoms with E-state index in [2.05, 4.69) is 20.3 Å². The third-order valence-electron chi connectivity index (χ3n) is 7.41. The number of methoxy groups -OCH3 is 1. The number of anilines is 2. The molecule has 3 N–H and O–H groups in total. The molecular weight excluding hydrogens is 504 g/mol. The summed E-state index contributed by atoms with van der Waals surface area (Å²) in [5.74, 6) is -0.900. The minimum atomic E-state index is -0.735. The van der Waals surface area contributed by atoms with Gasteiger partial charge in [-0.1, -0.05) is 11.3 Å². The highest BCUT2D eigenvalue weighted by molar-refractivity contribution is 7.22. The van der Waals surface area contributed by atoms with Gasteiger partial charge >= 0.3 is 6.01 Å². The molecule has 6 heterocycles. The van der Waals surface area contributed by atoms with E-state index < -0.39 is 23.2 Å². The number of fused-ring (bicyclic) bond motifs is 4. The number of pyridine rings is 1. The van der Waals surface area contributed by atoms with Crippen LogP contribution in [-0.4, -0.2) is 65.0 Å². The second kappa shape index (κ2) is 8.30. The molecule has 0 amide bonds. The van der Waals surface area contributed by atoms with Gasteiger partial charge in [0.25, 0.3) is 5.56 Å². The van der Waals surface area contributed by atoms with Crippen LogP contribution in [0.25, 0.3) is 32.4 Å². The van der Waals surface area contributed by atoms with E-state index in [0.717, 1.165) is 24.2 Å². The van der Waals surface area contributed by atoms with E-state index in [9.17, 15) is 9.18 Å². The average Bonchev–Trinajstić information content (AvgIpc) is 3.42. The number of hydrogen-bond donors (Lipinski definition) is 2. The van der Waals surface area contributed by atoms with Crippen LogP contribution in [0.4, 0.5) is 19.7 Å². The Morgan fingerprint density at radius 2 is 1.89 bits per heavy atom. The number of rotatable bonds is 4. The number of nitrogens with zero attached hydrogens (tertiary/aromatic N) is 5. The molecule has 0 spiro atoms. The third kappa shape index (κ3) is 3.41. The zero-order valence-corrected chi connectivity index (χ0v) is 20.6. The van der Waals surface area contributed by atoms with Gasteiger partial charge in [0.05, 0.1) is 42.3 Å². The van der Waals surface area contributed by atoms with Gasteiger partial charge in [-0.15, -0.1) is 0 Å². The number of halogens is 2. The van der Waals surface area contributed by atoms with Gasteiger partial charge in [0, 0.05) is 30.7 Å². The van der Waals surface area contributed by atoms with Crippen molar-refractivity contribution in [3.63, 3.8) is 0 Å². The number of nitrogens with two attached hydrogens (primary N) is 1. The number of benzene rings is 1. The Kier molecular flexibility index (Phi) is 5.10. The van der Waals surface area contributed by atoms with Crippen LogP contribution in [0.15, 0.2) is 16.9 Å². The Balaban J connectivity index is 1.55. The molecule has 7 rings (SSSR count). The van der Waals surface area contributed by atoms with Crippen LogP contribution in [0.5, 0.6) is 6.01 Å². The summed E-state index contributed by atoms with van der Waals surface area (Å²) in [4.78, 5) is 29.3. The Morgan fingerprint density at radius 3 is 2.57 bits per heavy atom. The molecule has 0 radical (unpaired) electrons. The predicted octanol–water partition coefficient (Wildman–Crippen LogP) is 2.45. The molecule has 0 aliphatic carbocycles. The molecule has 192 valence electrons. The molecule has 4 aromatic rings. The number of ether oxygens (including phenoxy) is 2. The van der Waals surface area contributed by atoms with E-state index in [1.807, 2.05) is 4.90 Å². The Labute approximate surface area is 213 Å². The topological polar surface area (TPSA) is 120 Å². The highest BCUT2D eigenvalue weighted by Crippen LogP contribution is 2.39. The third-order valence-corrected chi connectivity index (χ3v) is 8.30. The van der Waals surface area contributed by atoms with Gasteiger partial charge < -0.3 is 25.4 Å². The molecular formula is C24H23F2N7O3S. The summed E-state index contributed by atoms with van der Waals surface area (Å²) in [7, 11) is 1.40. The van der Waals surface area contributed by atoms with Crippen molar-refractivity contribution in [3.8, 4) is 17.3 Å². The summed E-state index contributed by atoms with van der Waals surface area (Å²) >= 11 is 0.968. The minimum Gasteiger partial charge on any atom is -0.467 e. The molecule has 1 aromatic carbocycles. The van der Waals surface area contributed by atoms with Crippen LogP contribution in [0.2, 0.25) is 0 Å². The largest absolute Gasteiger partial charge is 0.467 e. The van der Waals surface area contributed by atoms with E-state index in [1.54, 1.807) is 0 Å². The smallest absolute Gasteiger partial charge is 0.318 e. The van der Waals surface area contributed by atoms with E-state index in [0.29, 0.717) is 18.9 Å². The summed E-state index contributed by atoms with van der Waals surface area (Å²) in [5.41, 5.74) is 5.70. The quantitative estimate of drug-likeness (QED) is 0.412. The van der Waals surface area contributed by atoms with Gasteiger partial charge in [0.15, 0.2) is 10.9 Å². The first-order valence-electron chi connectivity index (χ1n) is 12.1. The Hall–Kier alpha value is -3.42. The van der Waals surface area contributed by atoms with Gasteiger partial charge in [0.2, 0.25) is 0 Å². The first-order chi connectivity index (χ1) is 17.9. The summed E-state index contributed by atoms with van der Waals surface area (Å²) < 4.78 is 43.5. The molecule has 3 aliphatic heterocycles. The number of hydrogen-bond acceptors (Lipinski definition) is 10. The van der Waals surface area contributed by atoms with Crippen molar-refractivity contribution >= 4 is 43.4 Å². The lowest BCUT2D eigenvalue weighted by Gasteiger charge is -2.35. The van der Waals surface area contributed by atoms with Gasteiger partial charge in [-0.25, -0.2) is 13.8 Å². The predicted molar refractivity (Wildman–Crippen MR) is 135 cm³/mol. The summed E-state index contributed by atoms with van der Waals surface area (Å²) in [6.45, 7) is 1.76. The van der Waals surface area contributed by atoms with Crippen LogP contribution in [0.3, 0.4) is 0 Å². The van der Waals surface area contributed by atoms with Crippen molar-refractivity contribution in [2.45, 2.75) is 31.0 Å². The molecule has 10 nitrogen and oxygen atoms in total. The number of nitrogens with one attached hydrogen (secondary N) is 1. The van der Waals surface area contributed by atoms with Crippen molar-refractivity contribution in [1.82, 2.24) is 24.8 Å². The molecule has 3 saturated heterocycles. The molecule has 0 saturated carbocycles. The lowest BCUT2D eigenvalue weighted by atomic mass is 10.0. The van der Waals surface area contributed by atoms with Gasteiger partial charge in [-0.05, 0) is 25.0 Å². The van der Waals surface area contributed by atoms with Gasteiger partial charge in [-0.2, -0.15) is 9.97 Å². The molecule has 2 unspecified atom stereocenters. The van der Waals surface area contributed by atoms with Crippen LogP contribution in [0.1, 0.15) is 18.9 Å². The van der Waals surface area contributed by atoms with Crippen LogP contribution in [-0.2, 0) is 4.74 Å². The molecule has 37 heavy (non-hydrogen) atoms. The fourth-order valence-corrected chi connectivity index (χ4v) is 6.43.